The molecule has 25 heavy (non-hydrogen) atoms. The zero-order valence-electron chi connectivity index (χ0n) is 14.5. The van der Waals surface area contributed by atoms with Crippen molar-refractivity contribution in [2.75, 3.05) is 4.90 Å². The van der Waals surface area contributed by atoms with Crippen molar-refractivity contribution in [2.24, 2.45) is 0 Å². The van der Waals surface area contributed by atoms with Gasteiger partial charge in [-0.15, -0.1) is 0 Å². The molecule has 0 amide bonds. The Balaban J connectivity index is 1.76. The van der Waals surface area contributed by atoms with E-state index in [1.54, 1.807) is 0 Å². The van der Waals surface area contributed by atoms with Crippen LogP contribution >= 0.6 is 0 Å². The Labute approximate surface area is 148 Å². The van der Waals surface area contributed by atoms with E-state index < -0.39 is 5.72 Å². The quantitative estimate of drug-likeness (QED) is 0.742. The van der Waals surface area contributed by atoms with Crippen LogP contribution in [0.5, 0.6) is 0 Å². The van der Waals surface area contributed by atoms with E-state index in [0.29, 0.717) is 13.1 Å². The maximum Gasteiger partial charge on any atom is 0.279 e. The van der Waals surface area contributed by atoms with Gasteiger partial charge in [0.1, 0.15) is 6.54 Å². The van der Waals surface area contributed by atoms with Crippen molar-refractivity contribution in [3.8, 4) is 0 Å². The van der Waals surface area contributed by atoms with Crippen LogP contribution in [0.2, 0.25) is 0 Å². The predicted molar refractivity (Wildman–Crippen MR) is 99.0 cm³/mol. The van der Waals surface area contributed by atoms with Gasteiger partial charge in [0, 0.05) is 11.6 Å². The summed E-state index contributed by atoms with van der Waals surface area (Å²) in [5, 5.41) is 11.7. The minimum Gasteiger partial charge on any atom is -0.346 e. The first-order valence-electron chi connectivity index (χ1n) is 8.82. The molecule has 126 valence electrons. The van der Waals surface area contributed by atoms with Gasteiger partial charge in [-0.25, -0.2) is 9.47 Å². The summed E-state index contributed by atoms with van der Waals surface area (Å²) in [4.78, 5) is 2.10. The van der Waals surface area contributed by atoms with Gasteiger partial charge in [-0.05, 0) is 23.6 Å². The molecule has 2 aromatic carbocycles. The lowest BCUT2D eigenvalue weighted by Crippen LogP contribution is -2.45. The molecule has 1 aliphatic rings. The Hall–Kier alpha value is -2.65. The van der Waals surface area contributed by atoms with Gasteiger partial charge in [-0.1, -0.05) is 67.6 Å². The summed E-state index contributed by atoms with van der Waals surface area (Å²) in [5.74, 6) is 1.04. The van der Waals surface area contributed by atoms with Crippen molar-refractivity contribution in [1.82, 2.24) is 0 Å². The highest BCUT2D eigenvalue weighted by atomic mass is 16.3. The standard InChI is InChI=1S/C22H23N2O/c1-2-18-11-13-20(14-12-18)22(25)17-23-15-7-6-10-21(23)24(22)16-19-8-4-3-5-9-19/h3-15,25H,2,16-17H2,1H3/q+1/t22-/m0/s1. The van der Waals surface area contributed by atoms with Gasteiger partial charge in [0.25, 0.3) is 11.5 Å². The van der Waals surface area contributed by atoms with Crippen molar-refractivity contribution in [3.63, 3.8) is 0 Å². The summed E-state index contributed by atoms with van der Waals surface area (Å²) in [5.41, 5.74) is 2.36. The highest BCUT2D eigenvalue weighted by Gasteiger charge is 2.51. The summed E-state index contributed by atoms with van der Waals surface area (Å²) >= 11 is 0. The predicted octanol–water partition coefficient (Wildman–Crippen LogP) is 3.40. The van der Waals surface area contributed by atoms with E-state index in [0.717, 1.165) is 17.8 Å². The molecule has 0 aliphatic carbocycles. The maximum atomic E-state index is 11.7. The number of aryl methyl sites for hydroxylation is 1. The first kappa shape index (κ1) is 15.9. The molecule has 0 unspecified atom stereocenters. The molecule has 0 bridgehead atoms. The van der Waals surface area contributed by atoms with E-state index in [9.17, 15) is 5.11 Å². The number of hydrogen-bond donors (Lipinski definition) is 1. The fourth-order valence-electron chi connectivity index (χ4n) is 3.59. The number of rotatable bonds is 4. The lowest BCUT2D eigenvalue weighted by atomic mass is 9.99. The van der Waals surface area contributed by atoms with Crippen molar-refractivity contribution in [3.05, 3.63) is 95.7 Å². The van der Waals surface area contributed by atoms with Crippen molar-refractivity contribution in [1.29, 1.82) is 0 Å². The zero-order valence-corrected chi connectivity index (χ0v) is 14.5. The molecule has 4 rings (SSSR count). The number of anilines is 1. The van der Waals surface area contributed by atoms with Crippen LogP contribution in [0.25, 0.3) is 0 Å². The van der Waals surface area contributed by atoms with E-state index >= 15 is 0 Å². The van der Waals surface area contributed by atoms with Crippen LogP contribution < -0.4 is 9.47 Å². The maximum absolute atomic E-state index is 11.7. The normalized spacial score (nSPS) is 19.0. The Bertz CT molecular complexity index is 861. The van der Waals surface area contributed by atoms with Crippen LogP contribution in [0.1, 0.15) is 23.6 Å². The van der Waals surface area contributed by atoms with Crippen LogP contribution in [0, 0.1) is 0 Å². The molecule has 3 heteroatoms. The molecule has 0 radical (unpaired) electrons. The van der Waals surface area contributed by atoms with E-state index in [1.807, 2.05) is 36.5 Å². The van der Waals surface area contributed by atoms with E-state index in [2.05, 4.69) is 58.9 Å². The molecule has 1 atom stereocenters. The molecule has 0 fully saturated rings. The smallest absolute Gasteiger partial charge is 0.279 e. The highest BCUT2D eigenvalue weighted by molar-refractivity contribution is 5.44. The topological polar surface area (TPSA) is 27.4 Å². The number of fused-ring (bicyclic) bond motifs is 1. The summed E-state index contributed by atoms with van der Waals surface area (Å²) in [7, 11) is 0. The second-order valence-electron chi connectivity index (χ2n) is 6.63. The van der Waals surface area contributed by atoms with Gasteiger partial charge in [0.15, 0.2) is 6.54 Å². The third-order valence-electron chi connectivity index (χ3n) is 5.04. The summed E-state index contributed by atoms with van der Waals surface area (Å²) < 4.78 is 2.12. The van der Waals surface area contributed by atoms with Gasteiger partial charge < -0.3 is 5.11 Å². The molecular formula is C22H23N2O+. The largest absolute Gasteiger partial charge is 0.346 e. The molecule has 2 heterocycles. The van der Waals surface area contributed by atoms with Gasteiger partial charge in [-0.2, -0.15) is 0 Å². The molecule has 3 nitrogen and oxygen atoms in total. The van der Waals surface area contributed by atoms with Crippen LogP contribution in [0.4, 0.5) is 5.82 Å². The minimum absolute atomic E-state index is 0.529. The third kappa shape index (κ3) is 2.81. The van der Waals surface area contributed by atoms with Crippen molar-refractivity contribution in [2.45, 2.75) is 32.2 Å². The van der Waals surface area contributed by atoms with Crippen molar-refractivity contribution < 1.29 is 9.67 Å². The van der Waals surface area contributed by atoms with Gasteiger partial charge in [-0.3, -0.25) is 0 Å². The molecule has 0 saturated carbocycles. The highest BCUT2D eigenvalue weighted by Crippen LogP contribution is 2.36. The number of benzene rings is 2. The fourth-order valence-corrected chi connectivity index (χ4v) is 3.59. The van der Waals surface area contributed by atoms with Gasteiger partial charge in [0.2, 0.25) is 0 Å². The number of hydrogen-bond acceptors (Lipinski definition) is 2. The number of aliphatic hydroxyl groups is 1. The first-order valence-corrected chi connectivity index (χ1v) is 8.82. The number of aromatic nitrogens is 1. The SMILES string of the molecule is CCc1ccc([C@@]2(O)C[n+]3ccccc3N2Cc2ccccc2)cc1. The molecular weight excluding hydrogens is 308 g/mol. The minimum atomic E-state index is -1.05. The summed E-state index contributed by atoms with van der Waals surface area (Å²) in [6, 6.07) is 24.8. The fraction of sp³-hybridized carbons (Fsp3) is 0.227. The molecule has 3 aromatic rings. The summed E-state index contributed by atoms with van der Waals surface area (Å²) in [6.07, 6.45) is 3.03. The lowest BCUT2D eigenvalue weighted by molar-refractivity contribution is -0.683. The van der Waals surface area contributed by atoms with E-state index in [4.69, 9.17) is 0 Å². The number of nitrogens with zero attached hydrogens (tertiary/aromatic N) is 2. The Morgan fingerprint density at radius 3 is 2.36 bits per heavy atom. The van der Waals surface area contributed by atoms with Crippen LogP contribution in [-0.4, -0.2) is 5.11 Å². The molecule has 1 aromatic heterocycles. The number of pyridine rings is 1. The monoisotopic (exact) mass is 331 g/mol. The van der Waals surface area contributed by atoms with Gasteiger partial charge >= 0.3 is 0 Å². The molecule has 1 N–H and O–H groups in total. The molecule has 0 spiro atoms. The Kier molecular flexibility index (Phi) is 4.02. The first-order chi connectivity index (χ1) is 12.2. The summed E-state index contributed by atoms with van der Waals surface area (Å²) in [6.45, 7) is 3.34. The second kappa shape index (κ2) is 6.34. The van der Waals surface area contributed by atoms with Crippen molar-refractivity contribution >= 4 is 5.82 Å². The molecule has 0 saturated heterocycles. The lowest BCUT2D eigenvalue weighted by Gasteiger charge is -2.28. The second-order valence-corrected chi connectivity index (χ2v) is 6.63. The van der Waals surface area contributed by atoms with E-state index in [-0.39, 0.29) is 0 Å². The van der Waals surface area contributed by atoms with E-state index in [1.165, 1.54) is 11.1 Å². The van der Waals surface area contributed by atoms with Crippen LogP contribution in [-0.2, 0) is 25.2 Å². The van der Waals surface area contributed by atoms with Gasteiger partial charge in [0.05, 0.1) is 6.20 Å². The Morgan fingerprint density at radius 1 is 0.920 bits per heavy atom. The molecule has 1 aliphatic heterocycles. The zero-order chi connectivity index (χ0) is 17.3. The van der Waals surface area contributed by atoms with Crippen LogP contribution in [0.15, 0.2) is 79.0 Å². The van der Waals surface area contributed by atoms with Crippen LogP contribution in [0.3, 0.4) is 0 Å². The average Bonchev–Trinajstić information content (AvgIpc) is 2.96. The third-order valence-corrected chi connectivity index (χ3v) is 5.04. The Morgan fingerprint density at radius 2 is 1.64 bits per heavy atom. The average molecular weight is 331 g/mol.